The van der Waals surface area contributed by atoms with Crippen LogP contribution in [0.25, 0.3) is 26.4 Å². The molecular weight excluding hydrogens is 352 g/mol. The van der Waals surface area contributed by atoms with Gasteiger partial charge in [0.1, 0.15) is 0 Å². The van der Waals surface area contributed by atoms with Crippen LogP contribution in [0.5, 0.6) is 0 Å². The molecule has 7 heteroatoms. The van der Waals surface area contributed by atoms with E-state index in [0.29, 0.717) is 9.92 Å². The quantitative estimate of drug-likeness (QED) is 0.535. The van der Waals surface area contributed by atoms with Crippen LogP contribution >= 0.6 is 22.9 Å². The molecule has 0 bridgehead atoms. The lowest BCUT2D eigenvalue weighted by molar-refractivity contribution is 0.602. The number of halogens is 1. The normalized spacial score (nSPS) is 12.3. The monoisotopic (exact) mass is 362 g/mol. The molecule has 0 spiro atoms. The van der Waals surface area contributed by atoms with Crippen LogP contribution in [-0.2, 0) is 9.84 Å². The number of fused-ring (bicyclic) bond motifs is 3. The van der Waals surface area contributed by atoms with Crippen molar-refractivity contribution in [3.63, 3.8) is 0 Å². The highest BCUT2D eigenvalue weighted by molar-refractivity contribution is 7.90. The molecule has 2 aromatic carbocycles. The molecule has 4 nitrogen and oxygen atoms in total. The highest BCUT2D eigenvalue weighted by Crippen LogP contribution is 2.33. The third-order valence-electron chi connectivity index (χ3n) is 3.64. The van der Waals surface area contributed by atoms with Crippen LogP contribution in [0.15, 0.2) is 53.6 Å². The van der Waals surface area contributed by atoms with E-state index < -0.39 is 9.84 Å². The first-order valence-electron chi connectivity index (χ1n) is 6.80. The van der Waals surface area contributed by atoms with Crippen molar-refractivity contribution in [1.82, 2.24) is 9.38 Å². The Hall–Kier alpha value is -1.89. The van der Waals surface area contributed by atoms with Crippen molar-refractivity contribution in [2.45, 2.75) is 4.90 Å². The standard InChI is InChI=1S/C16H11ClN2O2S2/c1-23(20,21)10-6-7-14-15(8-10)22-16-18-13(9-19(14)16)11-4-2-3-5-12(11)17/h2-9H,1H3. The molecule has 0 saturated carbocycles. The molecule has 2 heterocycles. The first kappa shape index (κ1) is 14.7. The van der Waals surface area contributed by atoms with Crippen LogP contribution < -0.4 is 0 Å². The molecule has 0 unspecified atom stereocenters. The highest BCUT2D eigenvalue weighted by Gasteiger charge is 2.14. The van der Waals surface area contributed by atoms with Gasteiger partial charge in [0, 0.05) is 18.0 Å². The lowest BCUT2D eigenvalue weighted by atomic mass is 10.2. The van der Waals surface area contributed by atoms with E-state index >= 15 is 0 Å². The van der Waals surface area contributed by atoms with E-state index in [1.807, 2.05) is 40.9 Å². The van der Waals surface area contributed by atoms with Crippen molar-refractivity contribution in [2.75, 3.05) is 6.26 Å². The number of sulfone groups is 1. The van der Waals surface area contributed by atoms with Crippen LogP contribution in [0.2, 0.25) is 5.02 Å². The smallest absolute Gasteiger partial charge is 0.195 e. The minimum absolute atomic E-state index is 0.320. The molecule has 0 radical (unpaired) electrons. The summed E-state index contributed by atoms with van der Waals surface area (Å²) in [5.41, 5.74) is 2.62. The number of aromatic nitrogens is 2. The maximum absolute atomic E-state index is 11.7. The van der Waals surface area contributed by atoms with Crippen molar-refractivity contribution in [1.29, 1.82) is 0 Å². The number of benzene rings is 2. The first-order valence-corrected chi connectivity index (χ1v) is 9.89. The molecule has 0 aliphatic heterocycles. The zero-order valence-corrected chi connectivity index (χ0v) is 14.4. The van der Waals surface area contributed by atoms with Gasteiger partial charge in [-0.2, -0.15) is 0 Å². The summed E-state index contributed by atoms with van der Waals surface area (Å²) >= 11 is 7.69. The van der Waals surface area contributed by atoms with E-state index in [9.17, 15) is 8.42 Å². The van der Waals surface area contributed by atoms with Gasteiger partial charge in [-0.3, -0.25) is 4.40 Å². The molecule has 0 saturated heterocycles. The van der Waals surface area contributed by atoms with Crippen LogP contribution in [0.4, 0.5) is 0 Å². The van der Waals surface area contributed by atoms with Gasteiger partial charge in [-0.25, -0.2) is 13.4 Å². The zero-order chi connectivity index (χ0) is 16.2. The average Bonchev–Trinajstić information content (AvgIpc) is 3.03. The van der Waals surface area contributed by atoms with Gasteiger partial charge in [0.05, 0.1) is 25.8 Å². The van der Waals surface area contributed by atoms with Crippen LogP contribution in [0, 0.1) is 0 Å². The Morgan fingerprint density at radius 3 is 2.70 bits per heavy atom. The summed E-state index contributed by atoms with van der Waals surface area (Å²) in [7, 11) is -3.21. The summed E-state index contributed by atoms with van der Waals surface area (Å²) in [4.78, 5) is 5.75. The first-order chi connectivity index (χ1) is 10.9. The number of thiazole rings is 1. The van der Waals surface area contributed by atoms with E-state index in [0.717, 1.165) is 26.4 Å². The Balaban J connectivity index is 1.93. The van der Waals surface area contributed by atoms with Crippen LogP contribution in [0.1, 0.15) is 0 Å². The van der Waals surface area contributed by atoms with Gasteiger partial charge >= 0.3 is 0 Å². The highest BCUT2D eigenvalue weighted by atomic mass is 35.5. The van der Waals surface area contributed by atoms with Crippen molar-refractivity contribution < 1.29 is 8.42 Å². The molecule has 0 aliphatic rings. The SMILES string of the molecule is CS(=O)(=O)c1ccc2c(c1)sc1nc(-c3ccccc3Cl)cn12. The topological polar surface area (TPSA) is 51.4 Å². The molecule has 23 heavy (non-hydrogen) atoms. The molecule has 4 aromatic rings. The van der Waals surface area contributed by atoms with Gasteiger partial charge in [0.15, 0.2) is 14.8 Å². The van der Waals surface area contributed by atoms with E-state index in [1.54, 1.807) is 12.1 Å². The molecule has 0 amide bonds. The minimum Gasteiger partial charge on any atom is -0.290 e. The van der Waals surface area contributed by atoms with E-state index in [4.69, 9.17) is 11.6 Å². The Labute approximate surface area is 141 Å². The third kappa shape index (κ3) is 2.43. The van der Waals surface area contributed by atoms with Gasteiger partial charge in [0.25, 0.3) is 0 Å². The third-order valence-corrected chi connectivity index (χ3v) is 6.10. The van der Waals surface area contributed by atoms with Gasteiger partial charge in [-0.05, 0) is 24.3 Å². The van der Waals surface area contributed by atoms with E-state index in [1.165, 1.54) is 17.6 Å². The average molecular weight is 363 g/mol. The van der Waals surface area contributed by atoms with Gasteiger partial charge in [0.2, 0.25) is 0 Å². The summed E-state index contributed by atoms with van der Waals surface area (Å²) in [6, 6.07) is 12.7. The molecule has 116 valence electrons. The van der Waals surface area contributed by atoms with Crippen LogP contribution in [0.3, 0.4) is 0 Å². The van der Waals surface area contributed by atoms with Crippen molar-refractivity contribution in [2.24, 2.45) is 0 Å². The maximum atomic E-state index is 11.7. The number of imidazole rings is 1. The number of rotatable bonds is 2. The molecule has 4 rings (SSSR count). The van der Waals surface area contributed by atoms with Crippen LogP contribution in [-0.4, -0.2) is 24.1 Å². The zero-order valence-electron chi connectivity index (χ0n) is 12.0. The van der Waals surface area contributed by atoms with Crippen molar-refractivity contribution in [3.8, 4) is 11.3 Å². The minimum atomic E-state index is -3.21. The molecule has 0 fully saturated rings. The lowest BCUT2D eigenvalue weighted by Crippen LogP contribution is -1.96. The van der Waals surface area contributed by atoms with Gasteiger partial charge in [-0.15, -0.1) is 0 Å². The fourth-order valence-electron chi connectivity index (χ4n) is 2.51. The Morgan fingerprint density at radius 2 is 1.96 bits per heavy atom. The van der Waals surface area contributed by atoms with Crippen molar-refractivity contribution >= 4 is 48.0 Å². The molecule has 0 aliphatic carbocycles. The summed E-state index contributed by atoms with van der Waals surface area (Å²) in [5.74, 6) is 0. The maximum Gasteiger partial charge on any atom is 0.195 e. The summed E-state index contributed by atoms with van der Waals surface area (Å²) in [5, 5.41) is 0.655. The molecule has 2 aromatic heterocycles. The Bertz CT molecular complexity index is 1160. The molecule has 0 N–H and O–H groups in total. The second-order valence-electron chi connectivity index (χ2n) is 5.26. The summed E-state index contributed by atoms with van der Waals surface area (Å²) in [6.45, 7) is 0. The predicted octanol–water partition coefficient (Wildman–Crippen LogP) is 4.27. The van der Waals surface area contributed by atoms with Gasteiger partial charge in [-0.1, -0.05) is 41.1 Å². The number of hydrogen-bond acceptors (Lipinski definition) is 4. The predicted molar refractivity (Wildman–Crippen MR) is 94.1 cm³/mol. The second kappa shape index (κ2) is 5.06. The lowest BCUT2D eigenvalue weighted by Gasteiger charge is -1.99. The fourth-order valence-corrected chi connectivity index (χ4v) is 4.51. The van der Waals surface area contributed by atoms with Crippen molar-refractivity contribution in [3.05, 3.63) is 53.7 Å². The molecular formula is C16H11ClN2O2S2. The number of nitrogens with zero attached hydrogens (tertiary/aromatic N) is 2. The largest absolute Gasteiger partial charge is 0.290 e. The van der Waals surface area contributed by atoms with E-state index in [2.05, 4.69) is 4.98 Å². The number of hydrogen-bond donors (Lipinski definition) is 0. The Morgan fingerprint density at radius 1 is 1.17 bits per heavy atom. The second-order valence-corrected chi connectivity index (χ2v) is 8.69. The van der Waals surface area contributed by atoms with E-state index in [-0.39, 0.29) is 0 Å². The Kier molecular flexibility index (Phi) is 3.23. The molecule has 0 atom stereocenters. The summed E-state index contributed by atoms with van der Waals surface area (Å²) in [6.07, 6.45) is 3.14. The summed E-state index contributed by atoms with van der Waals surface area (Å²) < 4.78 is 26.2. The fraction of sp³-hybridized carbons (Fsp3) is 0.0625. The van der Waals surface area contributed by atoms with Gasteiger partial charge < -0.3 is 0 Å².